The molecule has 1 N–H and O–H groups in total. The van der Waals surface area contributed by atoms with E-state index < -0.39 is 5.97 Å². The Morgan fingerprint density at radius 2 is 1.25 bits per heavy atom. The second-order valence-electron chi connectivity index (χ2n) is 4.97. The monoisotopic (exact) mass is 404 g/mol. The van der Waals surface area contributed by atoms with E-state index in [2.05, 4.69) is 28.1 Å². The van der Waals surface area contributed by atoms with Gasteiger partial charge in [-0.25, -0.2) is 0 Å². The Morgan fingerprint density at radius 3 is 1.75 bits per heavy atom. The predicted molar refractivity (Wildman–Crippen MR) is 93.4 cm³/mol. The highest BCUT2D eigenvalue weighted by Crippen LogP contribution is 2.10. The SMILES string of the molecule is O=C(O)CCOCCOCCOCCOCCc1ccc(Br)cc1. The van der Waals surface area contributed by atoms with Gasteiger partial charge in [-0.15, -0.1) is 0 Å². The summed E-state index contributed by atoms with van der Waals surface area (Å²) in [4.78, 5) is 10.2. The quantitative estimate of drug-likeness (QED) is 0.452. The number of halogens is 1. The lowest BCUT2D eigenvalue weighted by molar-refractivity contribution is -0.138. The van der Waals surface area contributed by atoms with E-state index in [0.717, 1.165) is 10.9 Å². The van der Waals surface area contributed by atoms with Crippen LogP contribution in [-0.4, -0.2) is 63.9 Å². The van der Waals surface area contributed by atoms with Crippen LogP contribution in [0.15, 0.2) is 28.7 Å². The van der Waals surface area contributed by atoms with Gasteiger partial charge in [0.2, 0.25) is 0 Å². The van der Waals surface area contributed by atoms with Gasteiger partial charge in [-0.05, 0) is 24.1 Å². The fourth-order valence-corrected chi connectivity index (χ4v) is 2.03. The molecule has 1 aromatic rings. The van der Waals surface area contributed by atoms with Crippen LogP contribution in [-0.2, 0) is 30.2 Å². The lowest BCUT2D eigenvalue weighted by Gasteiger charge is -2.07. The van der Waals surface area contributed by atoms with E-state index in [1.165, 1.54) is 5.56 Å². The maximum atomic E-state index is 10.2. The second-order valence-corrected chi connectivity index (χ2v) is 5.89. The summed E-state index contributed by atoms with van der Waals surface area (Å²) in [5, 5.41) is 8.42. The van der Waals surface area contributed by atoms with Crippen LogP contribution in [0.3, 0.4) is 0 Å². The molecule has 0 radical (unpaired) electrons. The Kier molecular flexibility index (Phi) is 12.6. The Morgan fingerprint density at radius 1 is 0.792 bits per heavy atom. The van der Waals surface area contributed by atoms with Crippen molar-refractivity contribution in [1.29, 1.82) is 0 Å². The van der Waals surface area contributed by atoms with Crippen LogP contribution in [0, 0.1) is 0 Å². The predicted octanol–water partition coefficient (Wildman–Crippen LogP) is 2.53. The summed E-state index contributed by atoms with van der Waals surface area (Å²) in [5.41, 5.74) is 1.25. The summed E-state index contributed by atoms with van der Waals surface area (Å²) in [7, 11) is 0. The van der Waals surface area contributed by atoms with Gasteiger partial charge in [0.05, 0.1) is 59.3 Å². The number of hydrogen-bond acceptors (Lipinski definition) is 5. The number of carboxylic acids is 1. The summed E-state index contributed by atoms with van der Waals surface area (Å²) in [6.45, 7) is 3.82. The molecule has 1 aromatic carbocycles. The van der Waals surface area contributed by atoms with E-state index in [-0.39, 0.29) is 13.0 Å². The molecule has 0 heterocycles. The molecule has 0 saturated carbocycles. The van der Waals surface area contributed by atoms with Crippen molar-refractivity contribution in [3.63, 3.8) is 0 Å². The first-order valence-electron chi connectivity index (χ1n) is 7.95. The van der Waals surface area contributed by atoms with Crippen LogP contribution in [0.25, 0.3) is 0 Å². The maximum Gasteiger partial charge on any atom is 0.305 e. The van der Waals surface area contributed by atoms with Gasteiger partial charge in [0.25, 0.3) is 0 Å². The van der Waals surface area contributed by atoms with Crippen molar-refractivity contribution in [3.8, 4) is 0 Å². The van der Waals surface area contributed by atoms with Gasteiger partial charge in [-0.2, -0.15) is 0 Å². The van der Waals surface area contributed by atoms with Crippen LogP contribution in [0.4, 0.5) is 0 Å². The number of ether oxygens (including phenoxy) is 4. The second kappa shape index (κ2) is 14.4. The molecule has 24 heavy (non-hydrogen) atoms. The highest BCUT2D eigenvalue weighted by Gasteiger charge is 1.97. The topological polar surface area (TPSA) is 74.2 Å². The number of carboxylic acid groups (broad SMARTS) is 1. The molecule has 0 bridgehead atoms. The minimum absolute atomic E-state index is 0.0188. The van der Waals surface area contributed by atoms with E-state index in [1.807, 2.05) is 12.1 Å². The van der Waals surface area contributed by atoms with Gasteiger partial charge in [-0.1, -0.05) is 28.1 Å². The van der Waals surface area contributed by atoms with Crippen LogP contribution in [0.5, 0.6) is 0 Å². The van der Waals surface area contributed by atoms with Crippen molar-refractivity contribution >= 4 is 21.9 Å². The van der Waals surface area contributed by atoms with Crippen LogP contribution in [0.1, 0.15) is 12.0 Å². The smallest absolute Gasteiger partial charge is 0.305 e. The molecular weight excluding hydrogens is 380 g/mol. The molecule has 7 heteroatoms. The molecule has 136 valence electrons. The van der Waals surface area contributed by atoms with Crippen LogP contribution in [0.2, 0.25) is 0 Å². The van der Waals surface area contributed by atoms with E-state index in [1.54, 1.807) is 0 Å². The highest BCUT2D eigenvalue weighted by molar-refractivity contribution is 9.10. The molecule has 0 spiro atoms. The van der Waals surface area contributed by atoms with Crippen molar-refractivity contribution in [3.05, 3.63) is 34.3 Å². The molecule has 0 aromatic heterocycles. The minimum atomic E-state index is -0.858. The molecule has 0 amide bonds. The van der Waals surface area contributed by atoms with Crippen molar-refractivity contribution < 1.29 is 28.8 Å². The van der Waals surface area contributed by atoms with Gasteiger partial charge in [-0.3, -0.25) is 4.79 Å². The third-order valence-corrected chi connectivity index (χ3v) is 3.55. The Balaban J connectivity index is 1.77. The number of hydrogen-bond donors (Lipinski definition) is 1. The standard InChI is InChI=1S/C17H25BrO6/c18-16-3-1-15(2-4-16)5-7-21-9-11-23-13-14-24-12-10-22-8-6-17(19)20/h1-4H,5-14H2,(H,19,20). The van der Waals surface area contributed by atoms with Crippen LogP contribution < -0.4 is 0 Å². The number of aliphatic carboxylic acids is 1. The third-order valence-electron chi connectivity index (χ3n) is 3.02. The summed E-state index contributed by atoms with van der Waals surface area (Å²) >= 11 is 3.41. The molecule has 0 fully saturated rings. The fourth-order valence-electron chi connectivity index (χ4n) is 1.76. The number of benzene rings is 1. The fraction of sp³-hybridized carbons (Fsp3) is 0.588. The van der Waals surface area contributed by atoms with Gasteiger partial charge < -0.3 is 24.1 Å². The Bertz CT molecular complexity index is 437. The van der Waals surface area contributed by atoms with E-state index in [4.69, 9.17) is 24.1 Å². The summed E-state index contributed by atoms with van der Waals surface area (Å²) in [5.74, 6) is -0.858. The summed E-state index contributed by atoms with van der Waals surface area (Å²) in [6.07, 6.45) is 0.906. The zero-order chi connectivity index (χ0) is 17.5. The number of carbonyl (C=O) groups is 1. The molecule has 0 aliphatic rings. The lowest BCUT2D eigenvalue weighted by Crippen LogP contribution is -2.13. The van der Waals surface area contributed by atoms with Crippen molar-refractivity contribution in [2.75, 3.05) is 52.9 Å². The molecule has 0 unspecified atom stereocenters. The van der Waals surface area contributed by atoms with Gasteiger partial charge in [0.1, 0.15) is 0 Å². The van der Waals surface area contributed by atoms with Gasteiger partial charge in [0.15, 0.2) is 0 Å². The van der Waals surface area contributed by atoms with Crippen molar-refractivity contribution in [2.45, 2.75) is 12.8 Å². The molecule has 6 nitrogen and oxygen atoms in total. The van der Waals surface area contributed by atoms with Crippen molar-refractivity contribution in [1.82, 2.24) is 0 Å². The zero-order valence-corrected chi connectivity index (χ0v) is 15.3. The van der Waals surface area contributed by atoms with Gasteiger partial charge >= 0.3 is 5.97 Å². The van der Waals surface area contributed by atoms with E-state index in [0.29, 0.717) is 46.2 Å². The average Bonchev–Trinajstić information content (AvgIpc) is 2.56. The van der Waals surface area contributed by atoms with E-state index >= 15 is 0 Å². The van der Waals surface area contributed by atoms with Gasteiger partial charge in [0, 0.05) is 4.47 Å². The van der Waals surface area contributed by atoms with Crippen LogP contribution >= 0.6 is 15.9 Å². The Hall–Kier alpha value is -0.990. The zero-order valence-electron chi connectivity index (χ0n) is 13.7. The molecule has 1 rings (SSSR count). The first-order valence-corrected chi connectivity index (χ1v) is 8.75. The molecule has 0 atom stereocenters. The highest BCUT2D eigenvalue weighted by atomic mass is 79.9. The first-order chi connectivity index (χ1) is 11.7. The summed E-state index contributed by atoms with van der Waals surface area (Å²) in [6, 6.07) is 8.20. The minimum Gasteiger partial charge on any atom is -0.481 e. The first kappa shape index (κ1) is 21.1. The van der Waals surface area contributed by atoms with Crippen molar-refractivity contribution in [2.24, 2.45) is 0 Å². The maximum absolute atomic E-state index is 10.2. The third kappa shape index (κ3) is 12.4. The van der Waals surface area contributed by atoms with E-state index in [9.17, 15) is 4.79 Å². The lowest BCUT2D eigenvalue weighted by atomic mass is 10.2. The Labute approximate surface area is 151 Å². The summed E-state index contributed by atoms with van der Waals surface area (Å²) < 4.78 is 22.4. The number of rotatable bonds is 15. The largest absolute Gasteiger partial charge is 0.481 e. The average molecular weight is 405 g/mol. The molecule has 0 aliphatic heterocycles. The molecule has 0 saturated heterocycles. The molecule has 0 aliphatic carbocycles. The molecular formula is C17H25BrO6. The normalized spacial score (nSPS) is 10.9.